The lowest BCUT2D eigenvalue weighted by Crippen LogP contribution is -2.31. The molecule has 26 heavy (non-hydrogen) atoms. The molecule has 0 atom stereocenters. The number of benzene rings is 2. The predicted molar refractivity (Wildman–Crippen MR) is 101 cm³/mol. The standard InChI is InChI=1S/C20H23N3O3/c1-2-26-18-10-8-17(9-11-18)15-22-23-20(25)14-19(24)21-13-12-16-6-4-3-5-7-16/h3-11,15H,2,12-14H2,1H3,(H,21,24)(H,23,25)/b22-15+. The fourth-order valence-corrected chi connectivity index (χ4v) is 2.23. The SMILES string of the molecule is CCOc1ccc(/C=N/NC(=O)CC(=O)NCCc2ccccc2)cc1. The van der Waals surface area contributed by atoms with E-state index in [0.29, 0.717) is 13.2 Å². The molecule has 6 nitrogen and oxygen atoms in total. The van der Waals surface area contributed by atoms with Gasteiger partial charge in [0.05, 0.1) is 12.8 Å². The van der Waals surface area contributed by atoms with Crippen LogP contribution in [0, 0.1) is 0 Å². The Morgan fingerprint density at radius 2 is 1.77 bits per heavy atom. The minimum absolute atomic E-state index is 0.255. The third-order valence-electron chi connectivity index (χ3n) is 3.49. The number of nitrogens with zero attached hydrogens (tertiary/aromatic N) is 1. The second-order valence-corrected chi connectivity index (χ2v) is 5.56. The third-order valence-corrected chi connectivity index (χ3v) is 3.49. The topological polar surface area (TPSA) is 79.8 Å². The first-order valence-electron chi connectivity index (χ1n) is 8.52. The molecule has 0 saturated carbocycles. The van der Waals surface area contributed by atoms with Gasteiger partial charge in [-0.1, -0.05) is 30.3 Å². The molecule has 0 saturated heterocycles. The Bertz CT molecular complexity index is 728. The highest BCUT2D eigenvalue weighted by Crippen LogP contribution is 2.10. The molecule has 6 heteroatoms. The van der Waals surface area contributed by atoms with Crippen LogP contribution in [-0.2, 0) is 16.0 Å². The first kappa shape index (κ1) is 19.2. The van der Waals surface area contributed by atoms with Gasteiger partial charge >= 0.3 is 0 Å². The average molecular weight is 353 g/mol. The van der Waals surface area contributed by atoms with E-state index in [0.717, 1.165) is 23.3 Å². The maximum atomic E-state index is 11.7. The summed E-state index contributed by atoms with van der Waals surface area (Å²) in [6, 6.07) is 17.1. The normalized spacial score (nSPS) is 10.5. The van der Waals surface area contributed by atoms with Crippen molar-refractivity contribution in [2.75, 3.05) is 13.2 Å². The zero-order valence-corrected chi connectivity index (χ0v) is 14.8. The third kappa shape index (κ3) is 7.17. The van der Waals surface area contributed by atoms with Crippen LogP contribution in [0.25, 0.3) is 0 Å². The minimum atomic E-state index is -0.454. The molecule has 0 unspecified atom stereocenters. The van der Waals surface area contributed by atoms with Crippen molar-refractivity contribution < 1.29 is 14.3 Å². The molecule has 2 N–H and O–H groups in total. The van der Waals surface area contributed by atoms with Gasteiger partial charge in [-0.25, -0.2) is 5.43 Å². The number of nitrogens with one attached hydrogen (secondary N) is 2. The summed E-state index contributed by atoms with van der Waals surface area (Å²) in [4.78, 5) is 23.4. The van der Waals surface area contributed by atoms with E-state index < -0.39 is 5.91 Å². The van der Waals surface area contributed by atoms with E-state index in [-0.39, 0.29) is 12.3 Å². The predicted octanol–water partition coefficient (Wildman–Crippen LogP) is 2.28. The van der Waals surface area contributed by atoms with E-state index in [1.807, 2.05) is 61.5 Å². The molecule has 2 amide bonds. The highest BCUT2D eigenvalue weighted by atomic mass is 16.5. The molecule has 0 aliphatic carbocycles. The molecule has 0 spiro atoms. The zero-order chi connectivity index (χ0) is 18.6. The van der Waals surface area contributed by atoms with Crippen LogP contribution in [0.5, 0.6) is 5.75 Å². The van der Waals surface area contributed by atoms with Gasteiger partial charge in [0, 0.05) is 6.54 Å². The lowest BCUT2D eigenvalue weighted by atomic mass is 10.1. The first-order chi connectivity index (χ1) is 12.7. The molecule has 2 aromatic carbocycles. The van der Waals surface area contributed by atoms with E-state index in [2.05, 4.69) is 15.8 Å². The summed E-state index contributed by atoms with van der Waals surface area (Å²) in [6.45, 7) is 3.02. The van der Waals surface area contributed by atoms with Gasteiger partial charge in [-0.05, 0) is 48.7 Å². The summed E-state index contributed by atoms with van der Waals surface area (Å²) in [6.07, 6.45) is 1.99. The molecule has 2 rings (SSSR count). The molecule has 0 heterocycles. The fraction of sp³-hybridized carbons (Fsp3) is 0.250. The molecule has 0 bridgehead atoms. The summed E-state index contributed by atoms with van der Waals surface area (Å²) in [5, 5.41) is 6.58. The number of carbonyl (C=O) groups is 2. The molecular formula is C20H23N3O3. The zero-order valence-electron chi connectivity index (χ0n) is 14.8. The van der Waals surface area contributed by atoms with Crippen LogP contribution in [0.4, 0.5) is 0 Å². The summed E-state index contributed by atoms with van der Waals surface area (Å²) >= 11 is 0. The lowest BCUT2D eigenvalue weighted by Gasteiger charge is -2.05. The van der Waals surface area contributed by atoms with Crippen molar-refractivity contribution in [3.63, 3.8) is 0 Å². The molecule has 0 fully saturated rings. The molecule has 0 aliphatic heterocycles. The van der Waals surface area contributed by atoms with Crippen LogP contribution >= 0.6 is 0 Å². The Morgan fingerprint density at radius 1 is 1.04 bits per heavy atom. The van der Waals surface area contributed by atoms with E-state index in [4.69, 9.17) is 4.74 Å². The van der Waals surface area contributed by atoms with Crippen LogP contribution in [0.15, 0.2) is 59.7 Å². The van der Waals surface area contributed by atoms with E-state index in [1.54, 1.807) is 0 Å². The van der Waals surface area contributed by atoms with Gasteiger partial charge in [0.25, 0.3) is 0 Å². The van der Waals surface area contributed by atoms with Gasteiger partial charge in [-0.2, -0.15) is 5.10 Å². The van der Waals surface area contributed by atoms with Crippen LogP contribution in [-0.4, -0.2) is 31.2 Å². The maximum Gasteiger partial charge on any atom is 0.249 e. The first-order valence-corrected chi connectivity index (χ1v) is 8.52. The Morgan fingerprint density at radius 3 is 2.46 bits per heavy atom. The Labute approximate surface area is 153 Å². The number of hydrogen-bond acceptors (Lipinski definition) is 4. The van der Waals surface area contributed by atoms with Gasteiger partial charge in [0.2, 0.25) is 11.8 Å². The second kappa shape index (κ2) is 10.7. The van der Waals surface area contributed by atoms with E-state index in [1.165, 1.54) is 6.21 Å². The minimum Gasteiger partial charge on any atom is -0.494 e. The largest absolute Gasteiger partial charge is 0.494 e. The van der Waals surface area contributed by atoms with Crippen molar-refractivity contribution in [2.45, 2.75) is 19.8 Å². The smallest absolute Gasteiger partial charge is 0.249 e. The summed E-state index contributed by atoms with van der Waals surface area (Å²) in [7, 11) is 0. The van der Waals surface area contributed by atoms with Crippen LogP contribution < -0.4 is 15.5 Å². The Kier molecular flexibility index (Phi) is 7.86. The quantitative estimate of drug-likeness (QED) is 0.412. The number of hydrogen-bond donors (Lipinski definition) is 2. The Hall–Kier alpha value is -3.15. The molecule has 0 aliphatic rings. The van der Waals surface area contributed by atoms with Gasteiger partial charge in [0.15, 0.2) is 0 Å². The van der Waals surface area contributed by atoms with Crippen LogP contribution in [0.2, 0.25) is 0 Å². The van der Waals surface area contributed by atoms with Crippen molar-refractivity contribution in [1.82, 2.24) is 10.7 Å². The fourth-order valence-electron chi connectivity index (χ4n) is 2.23. The molecule has 0 aromatic heterocycles. The summed E-state index contributed by atoms with van der Waals surface area (Å²) < 4.78 is 5.35. The monoisotopic (exact) mass is 353 g/mol. The second-order valence-electron chi connectivity index (χ2n) is 5.56. The van der Waals surface area contributed by atoms with Crippen LogP contribution in [0.3, 0.4) is 0 Å². The van der Waals surface area contributed by atoms with Crippen molar-refractivity contribution in [1.29, 1.82) is 0 Å². The molecular weight excluding hydrogens is 330 g/mol. The van der Waals surface area contributed by atoms with Crippen molar-refractivity contribution >= 4 is 18.0 Å². The average Bonchev–Trinajstić information content (AvgIpc) is 2.64. The van der Waals surface area contributed by atoms with Crippen molar-refractivity contribution in [3.05, 3.63) is 65.7 Å². The lowest BCUT2D eigenvalue weighted by molar-refractivity contribution is -0.129. The molecule has 2 aromatic rings. The van der Waals surface area contributed by atoms with Gasteiger partial charge in [0.1, 0.15) is 12.2 Å². The van der Waals surface area contributed by atoms with E-state index >= 15 is 0 Å². The van der Waals surface area contributed by atoms with Gasteiger partial charge in [-0.15, -0.1) is 0 Å². The highest BCUT2D eigenvalue weighted by Gasteiger charge is 2.07. The van der Waals surface area contributed by atoms with Gasteiger partial charge < -0.3 is 10.1 Å². The summed E-state index contributed by atoms with van der Waals surface area (Å²) in [5.41, 5.74) is 4.31. The number of ether oxygens (including phenoxy) is 1. The van der Waals surface area contributed by atoms with Crippen molar-refractivity contribution in [3.8, 4) is 5.75 Å². The van der Waals surface area contributed by atoms with Crippen molar-refractivity contribution in [2.24, 2.45) is 5.10 Å². The number of rotatable bonds is 9. The van der Waals surface area contributed by atoms with Crippen LogP contribution in [0.1, 0.15) is 24.5 Å². The molecule has 136 valence electrons. The summed E-state index contributed by atoms with van der Waals surface area (Å²) in [5.74, 6) is -0.0000413. The van der Waals surface area contributed by atoms with Gasteiger partial charge in [-0.3, -0.25) is 9.59 Å². The number of carbonyl (C=O) groups excluding carboxylic acids is 2. The van der Waals surface area contributed by atoms with E-state index in [9.17, 15) is 9.59 Å². The number of hydrazone groups is 1. The highest BCUT2D eigenvalue weighted by molar-refractivity contribution is 5.97. The molecule has 0 radical (unpaired) electrons. The maximum absolute atomic E-state index is 11.7. The Balaban J connectivity index is 1.66. The number of amides is 2.